The van der Waals surface area contributed by atoms with Crippen LogP contribution in [0.2, 0.25) is 0 Å². The van der Waals surface area contributed by atoms with Crippen molar-refractivity contribution in [2.45, 2.75) is 38.2 Å². The van der Waals surface area contributed by atoms with Gasteiger partial charge in [-0.3, -0.25) is 4.99 Å². The number of aliphatic hydroxyl groups is 1. The molecule has 1 atom stereocenters. The van der Waals surface area contributed by atoms with Crippen molar-refractivity contribution < 1.29 is 5.11 Å². The summed E-state index contributed by atoms with van der Waals surface area (Å²) in [4.78, 5) is 8.29. The van der Waals surface area contributed by atoms with Gasteiger partial charge in [-0.2, -0.15) is 0 Å². The third-order valence-corrected chi connectivity index (χ3v) is 3.56. The Hall–Kier alpha value is -1.62. The first kappa shape index (κ1) is 13.8. The van der Waals surface area contributed by atoms with Crippen LogP contribution in [0.3, 0.4) is 0 Å². The van der Waals surface area contributed by atoms with Gasteiger partial charge < -0.3 is 16.2 Å². The molecule has 1 saturated carbocycles. The number of hydrogen-bond acceptors (Lipinski definition) is 3. The lowest BCUT2D eigenvalue weighted by Crippen LogP contribution is -2.29. The zero-order chi connectivity index (χ0) is 13.5. The fourth-order valence-electron chi connectivity index (χ4n) is 2.47. The normalized spacial score (nSPS) is 19.1. The molecule has 1 aliphatic carbocycles. The summed E-state index contributed by atoms with van der Waals surface area (Å²) in [6, 6.07) is 5.53. The molecule has 1 aliphatic rings. The molecule has 1 unspecified atom stereocenters. The topological polar surface area (TPSA) is 83.5 Å². The molecule has 2 rings (SSSR count). The Morgan fingerprint density at radius 1 is 1.42 bits per heavy atom. The molecule has 0 spiro atoms. The summed E-state index contributed by atoms with van der Waals surface area (Å²) in [5, 5.41) is 13.0. The maximum atomic E-state index is 10.1. The summed E-state index contributed by atoms with van der Waals surface area (Å²) in [6.07, 6.45) is 7.22. The van der Waals surface area contributed by atoms with Gasteiger partial charge in [0.05, 0.1) is 12.6 Å². The van der Waals surface area contributed by atoms with Crippen molar-refractivity contribution in [3.05, 3.63) is 24.4 Å². The monoisotopic (exact) mass is 262 g/mol. The van der Waals surface area contributed by atoms with Gasteiger partial charge in [-0.15, -0.1) is 0 Å². The molecule has 104 valence electrons. The predicted octanol–water partition coefficient (Wildman–Crippen LogP) is 1.75. The summed E-state index contributed by atoms with van der Waals surface area (Å²) in [6.45, 7) is 0.357. The highest BCUT2D eigenvalue weighted by molar-refractivity contribution is 5.91. The van der Waals surface area contributed by atoms with E-state index in [0.29, 0.717) is 24.2 Å². The number of guanidine groups is 1. The number of aliphatic imine (C=N–C) groups is 1. The van der Waals surface area contributed by atoms with Crippen molar-refractivity contribution in [3.8, 4) is 0 Å². The van der Waals surface area contributed by atoms with Gasteiger partial charge in [0.1, 0.15) is 5.82 Å². The third-order valence-electron chi connectivity index (χ3n) is 3.56. The van der Waals surface area contributed by atoms with Crippen LogP contribution in [0.1, 0.15) is 32.1 Å². The van der Waals surface area contributed by atoms with E-state index in [4.69, 9.17) is 5.73 Å². The summed E-state index contributed by atoms with van der Waals surface area (Å²) < 4.78 is 0. The summed E-state index contributed by atoms with van der Waals surface area (Å²) >= 11 is 0. The second kappa shape index (κ2) is 7.09. The third kappa shape index (κ3) is 4.52. The van der Waals surface area contributed by atoms with Crippen LogP contribution in [0, 0.1) is 5.92 Å². The van der Waals surface area contributed by atoms with Gasteiger partial charge >= 0.3 is 0 Å². The molecular formula is C14H22N4O. The molecule has 1 aromatic heterocycles. The molecule has 5 heteroatoms. The Balaban J connectivity index is 1.80. The predicted molar refractivity (Wildman–Crippen MR) is 76.9 cm³/mol. The smallest absolute Gasteiger partial charge is 0.194 e. The molecule has 19 heavy (non-hydrogen) atoms. The number of pyridine rings is 1. The van der Waals surface area contributed by atoms with Crippen LogP contribution in [0.5, 0.6) is 0 Å². The lowest BCUT2D eigenvalue weighted by Gasteiger charge is -2.25. The molecule has 0 saturated heterocycles. The van der Waals surface area contributed by atoms with Gasteiger partial charge in [-0.05, 0) is 30.9 Å². The fraction of sp³-hybridized carbons (Fsp3) is 0.571. The van der Waals surface area contributed by atoms with Crippen molar-refractivity contribution in [3.63, 3.8) is 0 Å². The van der Waals surface area contributed by atoms with Crippen LogP contribution < -0.4 is 11.1 Å². The summed E-state index contributed by atoms with van der Waals surface area (Å²) in [5.74, 6) is 1.34. The van der Waals surface area contributed by atoms with Gasteiger partial charge in [-0.1, -0.05) is 25.3 Å². The Labute approximate surface area is 114 Å². The number of nitrogens with zero attached hydrogens (tertiary/aromatic N) is 2. The second-order valence-electron chi connectivity index (χ2n) is 5.03. The quantitative estimate of drug-likeness (QED) is 0.570. The first-order chi connectivity index (χ1) is 9.25. The van der Waals surface area contributed by atoms with Crippen molar-refractivity contribution in [1.29, 1.82) is 0 Å². The van der Waals surface area contributed by atoms with E-state index in [1.807, 2.05) is 18.2 Å². The van der Waals surface area contributed by atoms with E-state index in [2.05, 4.69) is 15.3 Å². The molecular weight excluding hydrogens is 240 g/mol. The van der Waals surface area contributed by atoms with Crippen molar-refractivity contribution in [2.75, 3.05) is 11.9 Å². The van der Waals surface area contributed by atoms with Crippen LogP contribution in [0.4, 0.5) is 5.82 Å². The van der Waals surface area contributed by atoms with Crippen LogP contribution in [0.15, 0.2) is 29.4 Å². The lowest BCUT2D eigenvalue weighted by molar-refractivity contribution is 0.0924. The van der Waals surface area contributed by atoms with E-state index in [9.17, 15) is 5.11 Å². The second-order valence-corrected chi connectivity index (χ2v) is 5.03. The van der Waals surface area contributed by atoms with Gasteiger partial charge in [-0.25, -0.2) is 4.98 Å². The molecule has 0 bridgehead atoms. The van der Waals surface area contributed by atoms with Gasteiger partial charge in [0.2, 0.25) is 0 Å². The van der Waals surface area contributed by atoms with Crippen molar-refractivity contribution >= 4 is 11.8 Å². The molecule has 5 nitrogen and oxygen atoms in total. The molecule has 4 N–H and O–H groups in total. The maximum absolute atomic E-state index is 10.1. The Morgan fingerprint density at radius 2 is 2.21 bits per heavy atom. The van der Waals surface area contributed by atoms with E-state index in [-0.39, 0.29) is 6.10 Å². The molecule has 1 fully saturated rings. The zero-order valence-electron chi connectivity index (χ0n) is 11.1. The molecule has 0 amide bonds. The number of nitrogens with one attached hydrogen (secondary N) is 1. The van der Waals surface area contributed by atoms with E-state index < -0.39 is 0 Å². The molecule has 0 aromatic carbocycles. The molecule has 0 aliphatic heterocycles. The van der Waals surface area contributed by atoms with E-state index in [1.54, 1.807) is 6.20 Å². The number of aliphatic hydroxyl groups excluding tert-OH is 1. The minimum atomic E-state index is -0.385. The highest BCUT2D eigenvalue weighted by Gasteiger charge is 2.21. The highest BCUT2D eigenvalue weighted by atomic mass is 16.3. The van der Waals surface area contributed by atoms with Crippen LogP contribution in [-0.2, 0) is 0 Å². The zero-order valence-corrected chi connectivity index (χ0v) is 11.1. The molecule has 1 aromatic rings. The first-order valence-corrected chi connectivity index (χ1v) is 6.92. The average molecular weight is 262 g/mol. The fourth-order valence-corrected chi connectivity index (χ4v) is 2.47. The lowest BCUT2D eigenvalue weighted by atomic mass is 9.85. The number of aromatic nitrogens is 1. The largest absolute Gasteiger partial charge is 0.391 e. The van der Waals surface area contributed by atoms with E-state index >= 15 is 0 Å². The average Bonchev–Trinajstić information content (AvgIpc) is 2.47. The Bertz CT molecular complexity index is 401. The van der Waals surface area contributed by atoms with Crippen LogP contribution in [-0.4, -0.2) is 28.7 Å². The van der Waals surface area contributed by atoms with Gasteiger partial charge in [0, 0.05) is 6.20 Å². The van der Waals surface area contributed by atoms with Crippen LogP contribution >= 0.6 is 0 Å². The van der Waals surface area contributed by atoms with E-state index in [0.717, 1.165) is 12.8 Å². The highest BCUT2D eigenvalue weighted by Crippen LogP contribution is 2.26. The molecule has 1 heterocycles. The Morgan fingerprint density at radius 3 is 2.89 bits per heavy atom. The number of anilines is 1. The van der Waals surface area contributed by atoms with Gasteiger partial charge in [0.15, 0.2) is 5.96 Å². The molecule has 0 radical (unpaired) electrons. The van der Waals surface area contributed by atoms with E-state index in [1.165, 1.54) is 19.3 Å². The van der Waals surface area contributed by atoms with Crippen molar-refractivity contribution in [1.82, 2.24) is 4.98 Å². The van der Waals surface area contributed by atoms with Gasteiger partial charge in [0.25, 0.3) is 0 Å². The SMILES string of the molecule is NC(=NCC(O)C1CCCCC1)Nc1ccccn1. The first-order valence-electron chi connectivity index (χ1n) is 6.92. The summed E-state index contributed by atoms with van der Waals surface area (Å²) in [5.41, 5.74) is 5.77. The standard InChI is InChI=1S/C14H22N4O/c15-14(18-13-8-4-5-9-16-13)17-10-12(19)11-6-2-1-3-7-11/h4-5,8-9,11-12,19H,1-3,6-7,10H2,(H3,15,16,17,18). The minimum absolute atomic E-state index is 0.300. The summed E-state index contributed by atoms with van der Waals surface area (Å²) in [7, 11) is 0. The number of nitrogens with two attached hydrogens (primary N) is 1. The maximum Gasteiger partial charge on any atom is 0.194 e. The number of rotatable bonds is 4. The van der Waals surface area contributed by atoms with Crippen molar-refractivity contribution in [2.24, 2.45) is 16.6 Å². The van der Waals surface area contributed by atoms with Crippen LogP contribution in [0.25, 0.3) is 0 Å². The minimum Gasteiger partial charge on any atom is -0.391 e. The number of hydrogen-bond donors (Lipinski definition) is 3. The Kier molecular flexibility index (Phi) is 5.15.